The molecule has 124 valence electrons. The number of nitrogens with one attached hydrogen (secondary N) is 1. The van der Waals surface area contributed by atoms with Gasteiger partial charge in [0.1, 0.15) is 5.75 Å². The van der Waals surface area contributed by atoms with Crippen LogP contribution in [0.25, 0.3) is 11.7 Å². The number of furan rings is 1. The number of hydrogen-bond acceptors (Lipinski definition) is 7. The molecule has 0 saturated heterocycles. The molecule has 0 aliphatic carbocycles. The molecule has 24 heavy (non-hydrogen) atoms. The van der Waals surface area contributed by atoms with Crippen LogP contribution in [0.5, 0.6) is 0 Å². The van der Waals surface area contributed by atoms with Crippen LogP contribution in [0, 0.1) is 0 Å². The molecule has 0 saturated carbocycles. The topological polar surface area (TPSA) is 115 Å². The van der Waals surface area contributed by atoms with Crippen molar-refractivity contribution >= 4 is 21.8 Å². The molecule has 1 amide bonds. The van der Waals surface area contributed by atoms with E-state index in [1.165, 1.54) is 6.26 Å². The number of rotatable bonds is 6. The standard InChI is InChI=1S/C15H13N3O5S/c19-13(10-24(20,21)9-11-5-2-1-3-6-11)16-15-18-17-14(23-15)12-7-4-8-22-12/h1-8H,9-10H2,(H,16,18,19). The molecule has 0 fully saturated rings. The molecule has 0 bridgehead atoms. The molecule has 0 unspecified atom stereocenters. The minimum atomic E-state index is -3.61. The first-order valence-electron chi connectivity index (χ1n) is 6.93. The summed E-state index contributed by atoms with van der Waals surface area (Å²) >= 11 is 0. The summed E-state index contributed by atoms with van der Waals surface area (Å²) in [5.74, 6) is -1.22. The Kier molecular flexibility index (Phi) is 4.43. The van der Waals surface area contributed by atoms with Gasteiger partial charge in [-0.1, -0.05) is 35.4 Å². The normalized spacial score (nSPS) is 11.3. The molecular weight excluding hydrogens is 334 g/mol. The van der Waals surface area contributed by atoms with Gasteiger partial charge < -0.3 is 8.83 Å². The van der Waals surface area contributed by atoms with Crippen molar-refractivity contribution in [3.63, 3.8) is 0 Å². The average molecular weight is 347 g/mol. The van der Waals surface area contributed by atoms with Crippen LogP contribution >= 0.6 is 0 Å². The molecule has 0 aliphatic rings. The molecule has 0 radical (unpaired) electrons. The second kappa shape index (κ2) is 6.67. The number of carbonyl (C=O) groups is 1. The fourth-order valence-electron chi connectivity index (χ4n) is 2.01. The Labute approximate surface area is 137 Å². The highest BCUT2D eigenvalue weighted by molar-refractivity contribution is 7.91. The Morgan fingerprint density at radius 1 is 1.08 bits per heavy atom. The van der Waals surface area contributed by atoms with E-state index in [4.69, 9.17) is 8.83 Å². The lowest BCUT2D eigenvalue weighted by Crippen LogP contribution is -2.24. The van der Waals surface area contributed by atoms with E-state index in [1.807, 2.05) is 0 Å². The number of amides is 1. The number of hydrogen-bond donors (Lipinski definition) is 1. The zero-order valence-corrected chi connectivity index (χ0v) is 13.2. The Balaban J connectivity index is 1.61. The van der Waals surface area contributed by atoms with E-state index >= 15 is 0 Å². The quantitative estimate of drug-likeness (QED) is 0.724. The third-order valence-corrected chi connectivity index (χ3v) is 4.46. The van der Waals surface area contributed by atoms with Crippen LogP contribution in [0.15, 0.2) is 57.6 Å². The number of aromatic nitrogens is 2. The van der Waals surface area contributed by atoms with E-state index in [-0.39, 0.29) is 17.7 Å². The van der Waals surface area contributed by atoms with Crippen molar-refractivity contribution in [2.45, 2.75) is 5.75 Å². The van der Waals surface area contributed by atoms with E-state index in [9.17, 15) is 13.2 Å². The first-order chi connectivity index (χ1) is 11.5. The summed E-state index contributed by atoms with van der Waals surface area (Å²) in [4.78, 5) is 11.9. The Bertz CT molecular complexity index is 917. The SMILES string of the molecule is O=C(CS(=O)(=O)Cc1ccccc1)Nc1nnc(-c2ccco2)o1. The molecule has 0 spiro atoms. The highest BCUT2D eigenvalue weighted by Crippen LogP contribution is 2.19. The lowest BCUT2D eigenvalue weighted by molar-refractivity contribution is -0.114. The first kappa shape index (κ1) is 15.9. The lowest BCUT2D eigenvalue weighted by Gasteiger charge is -2.04. The molecule has 3 aromatic rings. The molecule has 8 nitrogen and oxygen atoms in total. The van der Waals surface area contributed by atoms with E-state index in [0.29, 0.717) is 11.3 Å². The summed E-state index contributed by atoms with van der Waals surface area (Å²) < 4.78 is 34.4. The number of carbonyl (C=O) groups excluding carboxylic acids is 1. The second-order valence-corrected chi connectivity index (χ2v) is 7.02. The first-order valence-corrected chi connectivity index (χ1v) is 8.75. The van der Waals surface area contributed by atoms with Gasteiger partial charge in [-0.15, -0.1) is 5.10 Å². The third-order valence-electron chi connectivity index (χ3n) is 2.98. The van der Waals surface area contributed by atoms with Crippen LogP contribution in [0.3, 0.4) is 0 Å². The van der Waals surface area contributed by atoms with Gasteiger partial charge in [-0.2, -0.15) is 0 Å². The monoisotopic (exact) mass is 347 g/mol. The van der Waals surface area contributed by atoms with Crippen LogP contribution in [-0.2, 0) is 20.4 Å². The lowest BCUT2D eigenvalue weighted by atomic mass is 10.2. The number of anilines is 1. The van der Waals surface area contributed by atoms with Gasteiger partial charge in [0.25, 0.3) is 5.89 Å². The van der Waals surface area contributed by atoms with Gasteiger partial charge in [0, 0.05) is 0 Å². The van der Waals surface area contributed by atoms with Crippen LogP contribution < -0.4 is 5.32 Å². The Morgan fingerprint density at radius 3 is 2.58 bits per heavy atom. The van der Waals surface area contributed by atoms with E-state index in [1.54, 1.807) is 42.5 Å². The molecule has 0 atom stereocenters. The predicted molar refractivity (Wildman–Crippen MR) is 84.6 cm³/mol. The van der Waals surface area contributed by atoms with Crippen LogP contribution in [0.4, 0.5) is 6.01 Å². The molecule has 1 N–H and O–H groups in total. The zero-order valence-electron chi connectivity index (χ0n) is 12.4. The molecule has 1 aromatic carbocycles. The van der Waals surface area contributed by atoms with E-state index in [2.05, 4.69) is 15.5 Å². The summed E-state index contributed by atoms with van der Waals surface area (Å²) in [5.41, 5.74) is 0.614. The molecule has 9 heteroatoms. The number of sulfone groups is 1. The maximum Gasteiger partial charge on any atom is 0.322 e. The van der Waals surface area contributed by atoms with Gasteiger partial charge in [-0.3, -0.25) is 10.1 Å². The fraction of sp³-hybridized carbons (Fsp3) is 0.133. The van der Waals surface area contributed by atoms with Crippen molar-refractivity contribution in [2.75, 3.05) is 11.1 Å². The summed E-state index contributed by atoms with van der Waals surface area (Å²) in [5, 5.41) is 9.59. The summed E-state index contributed by atoms with van der Waals surface area (Å²) in [7, 11) is -3.61. The van der Waals surface area contributed by atoms with Crippen molar-refractivity contribution in [2.24, 2.45) is 0 Å². The molecule has 0 aliphatic heterocycles. The number of nitrogens with zero attached hydrogens (tertiary/aromatic N) is 2. The maximum atomic E-state index is 12.1. The summed E-state index contributed by atoms with van der Waals surface area (Å²) in [6, 6.07) is 11.7. The van der Waals surface area contributed by atoms with Crippen LogP contribution in [0.1, 0.15) is 5.56 Å². The fourth-order valence-corrected chi connectivity index (χ4v) is 3.28. The van der Waals surface area contributed by atoms with Gasteiger partial charge in [-0.25, -0.2) is 8.42 Å². The van der Waals surface area contributed by atoms with Crippen molar-refractivity contribution in [3.8, 4) is 11.7 Å². The van der Waals surface area contributed by atoms with Crippen molar-refractivity contribution < 1.29 is 22.0 Å². The minimum absolute atomic E-state index is 0.0856. The van der Waals surface area contributed by atoms with Crippen molar-refractivity contribution in [3.05, 3.63) is 54.3 Å². The Morgan fingerprint density at radius 2 is 1.88 bits per heavy atom. The maximum absolute atomic E-state index is 12.1. The van der Waals surface area contributed by atoms with Crippen molar-refractivity contribution in [1.82, 2.24) is 10.2 Å². The highest BCUT2D eigenvalue weighted by Gasteiger charge is 2.20. The molecular formula is C15H13N3O5S. The second-order valence-electron chi connectivity index (χ2n) is 4.96. The molecule has 2 aromatic heterocycles. The van der Waals surface area contributed by atoms with Crippen LogP contribution in [0.2, 0.25) is 0 Å². The highest BCUT2D eigenvalue weighted by atomic mass is 32.2. The van der Waals surface area contributed by atoms with Gasteiger partial charge in [0.15, 0.2) is 15.6 Å². The zero-order chi connectivity index (χ0) is 17.0. The average Bonchev–Trinajstić information content (AvgIpc) is 3.17. The molecule has 2 heterocycles. The smallest absolute Gasteiger partial charge is 0.322 e. The largest absolute Gasteiger partial charge is 0.459 e. The Hall–Kier alpha value is -2.94. The van der Waals surface area contributed by atoms with Crippen molar-refractivity contribution in [1.29, 1.82) is 0 Å². The van der Waals surface area contributed by atoms with Gasteiger partial charge in [0.2, 0.25) is 5.91 Å². The summed E-state index contributed by atoms with van der Waals surface area (Å²) in [6.07, 6.45) is 1.44. The van der Waals surface area contributed by atoms with E-state index in [0.717, 1.165) is 0 Å². The van der Waals surface area contributed by atoms with Gasteiger partial charge >= 0.3 is 6.01 Å². The van der Waals surface area contributed by atoms with Crippen LogP contribution in [-0.4, -0.2) is 30.3 Å². The van der Waals surface area contributed by atoms with Gasteiger partial charge in [0.05, 0.1) is 12.0 Å². The van der Waals surface area contributed by atoms with E-state index < -0.39 is 21.5 Å². The minimum Gasteiger partial charge on any atom is -0.459 e. The summed E-state index contributed by atoms with van der Waals surface area (Å²) in [6.45, 7) is 0. The van der Waals surface area contributed by atoms with Gasteiger partial charge in [-0.05, 0) is 17.7 Å². The predicted octanol–water partition coefficient (Wildman–Crippen LogP) is 1.88. The third kappa shape index (κ3) is 4.07. The molecule has 3 rings (SSSR count). The number of benzene rings is 1.